The van der Waals surface area contributed by atoms with Crippen LogP contribution in [0.3, 0.4) is 0 Å². The van der Waals surface area contributed by atoms with E-state index in [2.05, 4.69) is 4.98 Å². The second-order valence-corrected chi connectivity index (χ2v) is 2.66. The van der Waals surface area contributed by atoms with E-state index in [-0.39, 0.29) is 18.0 Å². The third kappa shape index (κ3) is 1.92. The molecule has 72 valence electrons. The van der Waals surface area contributed by atoms with Crippen molar-refractivity contribution in [1.29, 1.82) is 0 Å². The van der Waals surface area contributed by atoms with Gasteiger partial charge in [0.1, 0.15) is 5.69 Å². The first-order valence-corrected chi connectivity index (χ1v) is 3.71. The number of pyridine rings is 1. The third-order valence-electron chi connectivity index (χ3n) is 1.77. The second kappa shape index (κ2) is 3.66. The summed E-state index contributed by atoms with van der Waals surface area (Å²) in [5, 5.41) is 8.82. The van der Waals surface area contributed by atoms with E-state index in [9.17, 15) is 8.78 Å². The van der Waals surface area contributed by atoms with Gasteiger partial charge < -0.3 is 10.8 Å². The van der Waals surface area contributed by atoms with E-state index in [4.69, 9.17) is 10.8 Å². The Hall–Kier alpha value is -1.23. The molecule has 0 spiro atoms. The Balaban J connectivity index is 3.20. The minimum atomic E-state index is -2.63. The molecule has 0 aliphatic rings. The Kier molecular flexibility index (Phi) is 2.77. The van der Waals surface area contributed by atoms with Crippen LogP contribution in [-0.2, 0) is 6.61 Å². The van der Waals surface area contributed by atoms with Crippen LogP contribution in [0.25, 0.3) is 0 Å². The third-order valence-corrected chi connectivity index (χ3v) is 1.77. The number of anilines is 1. The lowest BCUT2D eigenvalue weighted by atomic mass is 10.1. The monoisotopic (exact) mass is 188 g/mol. The first kappa shape index (κ1) is 9.85. The maximum Gasteiger partial charge on any atom is 0.280 e. The Morgan fingerprint density at radius 3 is 2.62 bits per heavy atom. The highest BCUT2D eigenvalue weighted by atomic mass is 19.3. The number of nitrogen functional groups attached to an aromatic ring is 1. The van der Waals surface area contributed by atoms with Gasteiger partial charge in [0, 0.05) is 16.9 Å². The number of nitrogens with zero attached hydrogens (tertiary/aromatic N) is 1. The van der Waals surface area contributed by atoms with Crippen molar-refractivity contribution in [3.05, 3.63) is 23.0 Å². The van der Waals surface area contributed by atoms with Crippen molar-refractivity contribution in [2.24, 2.45) is 0 Å². The standard InChI is InChI=1S/C8H10F2N2O/c1-4-5(3-13)6(11)2-7(12-4)8(9)10/h2,8,13H,3H2,1H3,(H2,11,12). The predicted molar refractivity (Wildman–Crippen MR) is 44.3 cm³/mol. The van der Waals surface area contributed by atoms with Crippen LogP contribution in [0, 0.1) is 6.92 Å². The SMILES string of the molecule is Cc1nc(C(F)F)cc(N)c1CO. The van der Waals surface area contributed by atoms with Crippen LogP contribution < -0.4 is 5.73 Å². The molecule has 1 aromatic rings. The van der Waals surface area contributed by atoms with Gasteiger partial charge in [-0.15, -0.1) is 0 Å². The van der Waals surface area contributed by atoms with Gasteiger partial charge >= 0.3 is 0 Å². The minimum Gasteiger partial charge on any atom is -0.398 e. The molecule has 3 N–H and O–H groups in total. The van der Waals surface area contributed by atoms with E-state index < -0.39 is 6.43 Å². The molecule has 1 rings (SSSR count). The fourth-order valence-corrected chi connectivity index (χ4v) is 1.07. The summed E-state index contributed by atoms with van der Waals surface area (Å²) in [7, 11) is 0. The number of aliphatic hydroxyl groups excluding tert-OH is 1. The summed E-state index contributed by atoms with van der Waals surface area (Å²) in [4.78, 5) is 3.61. The Labute approximate surface area is 74.2 Å². The molecule has 0 bridgehead atoms. The lowest BCUT2D eigenvalue weighted by molar-refractivity contribution is 0.146. The molecular weight excluding hydrogens is 178 g/mol. The number of nitrogens with two attached hydrogens (primary N) is 1. The maximum absolute atomic E-state index is 12.2. The van der Waals surface area contributed by atoms with Crippen LogP contribution in [0.15, 0.2) is 6.07 Å². The normalized spacial score (nSPS) is 10.8. The van der Waals surface area contributed by atoms with Crippen molar-refractivity contribution in [2.45, 2.75) is 20.0 Å². The zero-order valence-corrected chi connectivity index (χ0v) is 7.09. The molecule has 0 saturated heterocycles. The first-order chi connectivity index (χ1) is 6.06. The summed E-state index contributed by atoms with van der Waals surface area (Å²) in [6.07, 6.45) is -2.63. The molecule has 1 heterocycles. The average Bonchev–Trinajstić information content (AvgIpc) is 2.03. The Morgan fingerprint density at radius 2 is 2.23 bits per heavy atom. The van der Waals surface area contributed by atoms with Gasteiger partial charge in [0.25, 0.3) is 6.43 Å². The molecule has 0 fully saturated rings. The first-order valence-electron chi connectivity index (χ1n) is 3.71. The molecule has 0 aromatic carbocycles. The quantitative estimate of drug-likeness (QED) is 0.737. The van der Waals surface area contributed by atoms with Gasteiger partial charge in [0.2, 0.25) is 0 Å². The van der Waals surface area contributed by atoms with Gasteiger partial charge in [0.15, 0.2) is 0 Å². The van der Waals surface area contributed by atoms with Crippen molar-refractivity contribution in [2.75, 3.05) is 5.73 Å². The van der Waals surface area contributed by atoms with E-state index >= 15 is 0 Å². The summed E-state index contributed by atoms with van der Waals surface area (Å²) >= 11 is 0. The van der Waals surface area contributed by atoms with Gasteiger partial charge in [-0.05, 0) is 13.0 Å². The van der Waals surface area contributed by atoms with Crippen LogP contribution in [0.4, 0.5) is 14.5 Å². The predicted octanol–water partition coefficient (Wildman–Crippen LogP) is 1.40. The van der Waals surface area contributed by atoms with Crippen molar-refractivity contribution in [3.63, 3.8) is 0 Å². The van der Waals surface area contributed by atoms with Crippen molar-refractivity contribution < 1.29 is 13.9 Å². The summed E-state index contributed by atoms with van der Waals surface area (Å²) in [5.41, 5.74) is 5.99. The van der Waals surface area contributed by atoms with Crippen molar-refractivity contribution in [1.82, 2.24) is 4.98 Å². The van der Waals surface area contributed by atoms with E-state index in [1.807, 2.05) is 0 Å². The minimum absolute atomic E-state index is 0.158. The summed E-state index contributed by atoms with van der Waals surface area (Å²) in [5.74, 6) is 0. The largest absolute Gasteiger partial charge is 0.398 e. The molecule has 0 aliphatic heterocycles. The average molecular weight is 188 g/mol. The fraction of sp³-hybridized carbons (Fsp3) is 0.375. The van der Waals surface area contributed by atoms with E-state index in [0.29, 0.717) is 11.3 Å². The van der Waals surface area contributed by atoms with Crippen LogP contribution in [0.2, 0.25) is 0 Å². The summed E-state index contributed by atoms with van der Waals surface area (Å²) < 4.78 is 24.4. The van der Waals surface area contributed by atoms with Crippen LogP contribution in [0.1, 0.15) is 23.4 Å². The van der Waals surface area contributed by atoms with Crippen LogP contribution >= 0.6 is 0 Å². The molecule has 0 atom stereocenters. The smallest absolute Gasteiger partial charge is 0.280 e. The van der Waals surface area contributed by atoms with E-state index in [1.54, 1.807) is 0 Å². The van der Waals surface area contributed by atoms with Crippen molar-refractivity contribution in [3.8, 4) is 0 Å². The molecule has 0 radical (unpaired) electrons. The molecule has 0 unspecified atom stereocenters. The van der Waals surface area contributed by atoms with Crippen LogP contribution in [-0.4, -0.2) is 10.1 Å². The molecule has 1 aromatic heterocycles. The van der Waals surface area contributed by atoms with Crippen LogP contribution in [0.5, 0.6) is 0 Å². The molecule has 13 heavy (non-hydrogen) atoms. The number of hydrogen-bond acceptors (Lipinski definition) is 3. The highest BCUT2D eigenvalue weighted by Crippen LogP contribution is 2.23. The fourth-order valence-electron chi connectivity index (χ4n) is 1.07. The number of rotatable bonds is 2. The molecule has 0 amide bonds. The molecule has 0 aliphatic carbocycles. The zero-order chi connectivity index (χ0) is 10.0. The van der Waals surface area contributed by atoms with Gasteiger partial charge in [-0.1, -0.05) is 0 Å². The molecule has 3 nitrogen and oxygen atoms in total. The second-order valence-electron chi connectivity index (χ2n) is 2.66. The summed E-state index contributed by atoms with van der Waals surface area (Å²) in [6, 6.07) is 1.09. The van der Waals surface area contributed by atoms with Gasteiger partial charge in [-0.3, -0.25) is 4.98 Å². The molecule has 0 saturated carbocycles. The number of halogens is 2. The lowest BCUT2D eigenvalue weighted by Crippen LogP contribution is -2.03. The van der Waals surface area contributed by atoms with E-state index in [0.717, 1.165) is 6.07 Å². The van der Waals surface area contributed by atoms with Gasteiger partial charge in [-0.2, -0.15) is 0 Å². The topological polar surface area (TPSA) is 59.1 Å². The van der Waals surface area contributed by atoms with Gasteiger partial charge in [-0.25, -0.2) is 8.78 Å². The van der Waals surface area contributed by atoms with Crippen molar-refractivity contribution >= 4 is 5.69 Å². The van der Waals surface area contributed by atoms with Gasteiger partial charge in [0.05, 0.1) is 6.61 Å². The lowest BCUT2D eigenvalue weighted by Gasteiger charge is -2.08. The zero-order valence-electron chi connectivity index (χ0n) is 7.09. The maximum atomic E-state index is 12.2. The molecular formula is C8H10F2N2O. The number of aromatic nitrogens is 1. The van der Waals surface area contributed by atoms with E-state index in [1.165, 1.54) is 6.92 Å². The highest BCUT2D eigenvalue weighted by Gasteiger charge is 2.13. The highest BCUT2D eigenvalue weighted by molar-refractivity contribution is 5.49. The number of hydrogen-bond donors (Lipinski definition) is 2. The summed E-state index contributed by atoms with van der Waals surface area (Å²) in [6.45, 7) is 1.25. The number of aryl methyl sites for hydroxylation is 1. The number of aliphatic hydroxyl groups is 1. The number of alkyl halides is 2. The molecule has 5 heteroatoms. The Bertz CT molecular complexity index is 292. The Morgan fingerprint density at radius 1 is 1.62 bits per heavy atom.